The first kappa shape index (κ1) is 19.1. The lowest BCUT2D eigenvalue weighted by Gasteiger charge is -2.57. The van der Waals surface area contributed by atoms with E-state index in [4.69, 9.17) is 9.47 Å². The molecule has 1 heterocycles. The fourth-order valence-electron chi connectivity index (χ4n) is 4.89. The molecule has 2 aliphatic carbocycles. The number of hydrogen-bond acceptors (Lipinski definition) is 6. The van der Waals surface area contributed by atoms with Crippen LogP contribution in [0, 0.1) is 17.3 Å². The molecule has 26 heavy (non-hydrogen) atoms. The van der Waals surface area contributed by atoms with E-state index >= 15 is 0 Å². The van der Waals surface area contributed by atoms with Crippen molar-refractivity contribution in [3.05, 3.63) is 22.8 Å². The normalized spacial score (nSPS) is 42.9. The van der Waals surface area contributed by atoms with E-state index in [1.54, 1.807) is 26.8 Å². The van der Waals surface area contributed by atoms with Crippen molar-refractivity contribution in [2.45, 2.75) is 71.9 Å². The molecule has 0 radical (unpaired) electrons. The van der Waals surface area contributed by atoms with E-state index in [-0.39, 0.29) is 11.8 Å². The highest BCUT2D eigenvalue weighted by Gasteiger charge is 2.63. The quantitative estimate of drug-likeness (QED) is 0.574. The van der Waals surface area contributed by atoms with Crippen molar-refractivity contribution in [3.8, 4) is 0 Å². The van der Waals surface area contributed by atoms with Crippen LogP contribution in [0.5, 0.6) is 0 Å². The van der Waals surface area contributed by atoms with Gasteiger partial charge in [-0.1, -0.05) is 19.9 Å². The molecule has 3 aliphatic rings. The summed E-state index contributed by atoms with van der Waals surface area (Å²) in [6, 6.07) is 0. The lowest BCUT2D eigenvalue weighted by molar-refractivity contribution is -0.199. The SMILES string of the molecule is C/C=C(\C)C(=O)OC1C2=C(C)C(=O)OC2C(O)C2CCC(O)C(C)C12C. The van der Waals surface area contributed by atoms with E-state index in [9.17, 15) is 19.8 Å². The number of rotatable bonds is 2. The van der Waals surface area contributed by atoms with Gasteiger partial charge in [0.15, 0.2) is 6.10 Å². The number of aliphatic hydroxyl groups excluding tert-OH is 2. The zero-order valence-corrected chi connectivity index (χ0v) is 16.0. The highest BCUT2D eigenvalue weighted by molar-refractivity contribution is 5.93. The Morgan fingerprint density at radius 2 is 2.00 bits per heavy atom. The van der Waals surface area contributed by atoms with Crippen LogP contribution in [0.25, 0.3) is 0 Å². The number of carbonyl (C=O) groups excluding carboxylic acids is 2. The number of allylic oxidation sites excluding steroid dienone is 1. The fourth-order valence-corrected chi connectivity index (χ4v) is 4.89. The summed E-state index contributed by atoms with van der Waals surface area (Å²) in [5.41, 5.74) is 0.707. The summed E-state index contributed by atoms with van der Waals surface area (Å²) in [7, 11) is 0. The van der Waals surface area contributed by atoms with Crippen LogP contribution in [0.1, 0.15) is 47.5 Å². The molecular formula is C20H28O6. The first-order valence-corrected chi connectivity index (χ1v) is 9.26. The van der Waals surface area contributed by atoms with Gasteiger partial charge in [0.1, 0.15) is 6.10 Å². The molecule has 0 amide bonds. The zero-order chi connectivity index (χ0) is 19.4. The summed E-state index contributed by atoms with van der Waals surface area (Å²) >= 11 is 0. The van der Waals surface area contributed by atoms with Gasteiger partial charge in [-0.2, -0.15) is 0 Å². The van der Waals surface area contributed by atoms with Crippen LogP contribution in [0.15, 0.2) is 22.8 Å². The summed E-state index contributed by atoms with van der Waals surface area (Å²) in [5, 5.41) is 21.4. The molecule has 2 saturated carbocycles. The van der Waals surface area contributed by atoms with Crippen molar-refractivity contribution < 1.29 is 29.3 Å². The molecule has 0 bridgehead atoms. The number of ether oxygens (including phenoxy) is 2. The van der Waals surface area contributed by atoms with Gasteiger partial charge in [0.05, 0.1) is 12.2 Å². The third-order valence-corrected chi connectivity index (χ3v) is 6.96. The van der Waals surface area contributed by atoms with Crippen LogP contribution in [0.2, 0.25) is 0 Å². The highest BCUT2D eigenvalue weighted by atomic mass is 16.6. The molecule has 2 fully saturated rings. The van der Waals surface area contributed by atoms with Crippen LogP contribution in [-0.2, 0) is 19.1 Å². The number of fused-ring (bicyclic) bond motifs is 2. The second kappa shape index (κ2) is 6.50. The Balaban J connectivity index is 2.13. The van der Waals surface area contributed by atoms with Gasteiger partial charge in [0.2, 0.25) is 0 Å². The van der Waals surface area contributed by atoms with Crippen molar-refractivity contribution in [2.75, 3.05) is 0 Å². The molecule has 0 aromatic carbocycles. The lowest BCUT2D eigenvalue weighted by atomic mass is 9.51. The summed E-state index contributed by atoms with van der Waals surface area (Å²) in [4.78, 5) is 24.7. The summed E-state index contributed by atoms with van der Waals surface area (Å²) in [6.07, 6.45) is -0.113. The summed E-state index contributed by atoms with van der Waals surface area (Å²) in [5.74, 6) is -1.39. The van der Waals surface area contributed by atoms with E-state index in [0.717, 1.165) is 0 Å². The van der Waals surface area contributed by atoms with Gasteiger partial charge >= 0.3 is 11.9 Å². The third-order valence-electron chi connectivity index (χ3n) is 6.96. The van der Waals surface area contributed by atoms with E-state index in [1.165, 1.54) is 0 Å². The predicted molar refractivity (Wildman–Crippen MR) is 93.9 cm³/mol. The molecule has 6 heteroatoms. The Bertz CT molecular complexity index is 692. The van der Waals surface area contributed by atoms with Crippen molar-refractivity contribution in [2.24, 2.45) is 17.3 Å². The molecule has 7 atom stereocenters. The molecule has 0 spiro atoms. The van der Waals surface area contributed by atoms with Gasteiger partial charge in [-0.25, -0.2) is 9.59 Å². The number of carbonyl (C=O) groups is 2. The molecule has 0 aromatic heterocycles. The van der Waals surface area contributed by atoms with Crippen molar-refractivity contribution in [3.63, 3.8) is 0 Å². The monoisotopic (exact) mass is 364 g/mol. The Labute approximate surface area is 153 Å². The average Bonchev–Trinajstić information content (AvgIpc) is 2.90. The summed E-state index contributed by atoms with van der Waals surface area (Å²) in [6.45, 7) is 8.93. The van der Waals surface area contributed by atoms with Gasteiger partial charge in [-0.15, -0.1) is 0 Å². The minimum atomic E-state index is -0.871. The van der Waals surface area contributed by atoms with Crippen LogP contribution >= 0.6 is 0 Å². The Morgan fingerprint density at radius 3 is 2.62 bits per heavy atom. The largest absolute Gasteiger partial charge is 0.454 e. The van der Waals surface area contributed by atoms with Crippen molar-refractivity contribution in [1.29, 1.82) is 0 Å². The van der Waals surface area contributed by atoms with Gasteiger partial charge in [0.25, 0.3) is 0 Å². The predicted octanol–water partition coefficient (Wildman–Crippen LogP) is 1.89. The Morgan fingerprint density at radius 1 is 1.35 bits per heavy atom. The molecule has 7 unspecified atom stereocenters. The van der Waals surface area contributed by atoms with Gasteiger partial charge in [0, 0.05) is 22.1 Å². The second-order valence-electron chi connectivity index (χ2n) is 8.06. The highest BCUT2D eigenvalue weighted by Crippen LogP contribution is 2.58. The van der Waals surface area contributed by atoms with Gasteiger partial charge in [-0.3, -0.25) is 0 Å². The third kappa shape index (κ3) is 2.54. The molecule has 144 valence electrons. The maximum absolute atomic E-state index is 12.5. The van der Waals surface area contributed by atoms with Gasteiger partial charge < -0.3 is 19.7 Å². The molecular weight excluding hydrogens is 336 g/mol. The van der Waals surface area contributed by atoms with Crippen LogP contribution in [0.4, 0.5) is 0 Å². The maximum atomic E-state index is 12.5. The van der Waals surface area contributed by atoms with Crippen molar-refractivity contribution in [1.82, 2.24) is 0 Å². The van der Waals surface area contributed by atoms with Crippen molar-refractivity contribution >= 4 is 11.9 Å². The van der Waals surface area contributed by atoms with Gasteiger partial charge in [-0.05, 0) is 45.4 Å². The zero-order valence-electron chi connectivity index (χ0n) is 16.0. The number of hydrogen-bond donors (Lipinski definition) is 2. The first-order valence-electron chi connectivity index (χ1n) is 9.26. The molecule has 6 nitrogen and oxygen atoms in total. The Hall–Kier alpha value is -1.66. The summed E-state index contributed by atoms with van der Waals surface area (Å²) < 4.78 is 11.3. The second-order valence-corrected chi connectivity index (χ2v) is 8.06. The van der Waals surface area contributed by atoms with E-state index < -0.39 is 41.8 Å². The van der Waals surface area contributed by atoms with E-state index in [2.05, 4.69) is 0 Å². The minimum absolute atomic E-state index is 0.212. The molecule has 2 N–H and O–H groups in total. The molecule has 0 aromatic rings. The molecule has 3 rings (SSSR count). The van der Waals surface area contributed by atoms with Crippen LogP contribution in [0.3, 0.4) is 0 Å². The standard InChI is InChI=1S/C20H28O6/c1-6-9(2)18(23)26-17-14-10(3)19(24)25-16(14)15(22)12-7-8-13(21)11(4)20(12,17)5/h6,11-13,15-17,21-22H,7-8H2,1-5H3/b9-6+. The van der Waals surface area contributed by atoms with E-state index in [0.29, 0.717) is 29.6 Å². The Kier molecular flexibility index (Phi) is 4.78. The fraction of sp³-hybridized carbons (Fsp3) is 0.700. The maximum Gasteiger partial charge on any atom is 0.334 e. The van der Waals surface area contributed by atoms with Crippen LogP contribution in [-0.4, -0.2) is 46.6 Å². The first-order chi connectivity index (χ1) is 12.1. The van der Waals surface area contributed by atoms with E-state index in [1.807, 2.05) is 13.8 Å². The van der Waals surface area contributed by atoms with Crippen LogP contribution < -0.4 is 0 Å². The lowest BCUT2D eigenvalue weighted by Crippen LogP contribution is -2.63. The minimum Gasteiger partial charge on any atom is -0.454 e. The topological polar surface area (TPSA) is 93.1 Å². The number of esters is 2. The molecule has 1 aliphatic heterocycles. The smallest absolute Gasteiger partial charge is 0.334 e. The number of aliphatic hydroxyl groups is 2. The average molecular weight is 364 g/mol. The molecule has 0 saturated heterocycles.